The number of rotatable bonds is 5. The molecule has 82 valence electrons. The Kier molecular flexibility index (Phi) is 4.89. The van der Waals surface area contributed by atoms with Gasteiger partial charge in [-0.25, -0.2) is 0 Å². The summed E-state index contributed by atoms with van der Waals surface area (Å²) >= 11 is 3.57. The minimum atomic E-state index is 1.01. The summed E-state index contributed by atoms with van der Waals surface area (Å²) in [6.07, 6.45) is 4.17. The van der Waals surface area contributed by atoms with E-state index in [0.29, 0.717) is 0 Å². The Labute approximate surface area is 101 Å². The Balaban J connectivity index is 2.58. The van der Waals surface area contributed by atoms with Crippen molar-refractivity contribution >= 4 is 21.6 Å². The van der Waals surface area contributed by atoms with Crippen LogP contribution >= 0.6 is 15.9 Å². The summed E-state index contributed by atoms with van der Waals surface area (Å²) in [6, 6.07) is 4.34. The molecule has 0 amide bonds. The first-order valence-corrected chi connectivity index (χ1v) is 6.06. The average Bonchev–Trinajstić information content (AvgIpc) is 2.21. The van der Waals surface area contributed by atoms with Gasteiger partial charge < -0.3 is 5.32 Å². The van der Waals surface area contributed by atoms with Crippen molar-refractivity contribution in [3.8, 4) is 0 Å². The van der Waals surface area contributed by atoms with Crippen molar-refractivity contribution in [3.05, 3.63) is 40.4 Å². The van der Waals surface area contributed by atoms with Gasteiger partial charge in [-0.2, -0.15) is 0 Å². The molecule has 1 N–H and O–H groups in total. The van der Waals surface area contributed by atoms with Crippen molar-refractivity contribution in [1.82, 2.24) is 0 Å². The lowest BCUT2D eigenvalue weighted by molar-refractivity contribution is 0.890. The SMILES string of the molecule is C=CCCCNc1cc(C)c(Br)c(C)c1. The van der Waals surface area contributed by atoms with Crippen LogP contribution in [-0.2, 0) is 0 Å². The number of nitrogens with one attached hydrogen (secondary N) is 1. The monoisotopic (exact) mass is 267 g/mol. The number of halogens is 1. The highest BCUT2D eigenvalue weighted by Gasteiger charge is 2.01. The Bertz CT molecular complexity index is 321. The number of hydrogen-bond donors (Lipinski definition) is 1. The third-order valence-corrected chi connectivity index (χ3v) is 3.60. The molecule has 0 unspecified atom stereocenters. The predicted molar refractivity (Wildman–Crippen MR) is 71.5 cm³/mol. The molecule has 0 saturated heterocycles. The number of aryl methyl sites for hydroxylation is 2. The van der Waals surface area contributed by atoms with Gasteiger partial charge in [-0.15, -0.1) is 6.58 Å². The summed E-state index contributed by atoms with van der Waals surface area (Å²) in [4.78, 5) is 0. The van der Waals surface area contributed by atoms with E-state index in [-0.39, 0.29) is 0 Å². The van der Waals surface area contributed by atoms with E-state index in [1.807, 2.05) is 6.08 Å². The first-order valence-electron chi connectivity index (χ1n) is 5.26. The van der Waals surface area contributed by atoms with Crippen molar-refractivity contribution in [1.29, 1.82) is 0 Å². The first-order chi connectivity index (χ1) is 7.15. The maximum Gasteiger partial charge on any atom is 0.0346 e. The largest absolute Gasteiger partial charge is 0.385 e. The highest BCUT2D eigenvalue weighted by Crippen LogP contribution is 2.24. The van der Waals surface area contributed by atoms with Gasteiger partial charge in [-0.1, -0.05) is 22.0 Å². The second-order valence-electron chi connectivity index (χ2n) is 3.78. The Hall–Kier alpha value is -0.760. The number of allylic oxidation sites excluding steroid dienone is 1. The Morgan fingerprint density at radius 2 is 1.93 bits per heavy atom. The van der Waals surface area contributed by atoms with Crippen LogP contribution in [0.25, 0.3) is 0 Å². The molecular weight excluding hydrogens is 250 g/mol. The molecule has 0 aromatic heterocycles. The van der Waals surface area contributed by atoms with E-state index in [2.05, 4.69) is 53.8 Å². The average molecular weight is 268 g/mol. The summed E-state index contributed by atoms with van der Waals surface area (Å²) in [7, 11) is 0. The zero-order chi connectivity index (χ0) is 11.3. The summed E-state index contributed by atoms with van der Waals surface area (Å²) in [5, 5.41) is 3.42. The lowest BCUT2D eigenvalue weighted by Gasteiger charge is -2.10. The highest BCUT2D eigenvalue weighted by molar-refractivity contribution is 9.10. The van der Waals surface area contributed by atoms with Gasteiger partial charge in [-0.05, 0) is 49.9 Å². The zero-order valence-corrected chi connectivity index (χ0v) is 11.0. The summed E-state index contributed by atoms with van der Waals surface area (Å²) in [6.45, 7) is 8.95. The molecule has 0 bridgehead atoms. The van der Waals surface area contributed by atoms with Gasteiger partial charge in [0.25, 0.3) is 0 Å². The molecule has 2 heteroatoms. The second kappa shape index (κ2) is 5.96. The Morgan fingerprint density at radius 3 is 2.47 bits per heavy atom. The van der Waals surface area contributed by atoms with Crippen LogP contribution < -0.4 is 5.32 Å². The summed E-state index contributed by atoms with van der Waals surface area (Å²) < 4.78 is 1.21. The third-order valence-electron chi connectivity index (χ3n) is 2.35. The smallest absolute Gasteiger partial charge is 0.0346 e. The van der Waals surface area contributed by atoms with Crippen molar-refractivity contribution < 1.29 is 0 Å². The molecule has 0 atom stereocenters. The molecule has 1 nitrogen and oxygen atoms in total. The number of hydrogen-bond acceptors (Lipinski definition) is 1. The molecule has 0 aliphatic carbocycles. The van der Waals surface area contributed by atoms with Crippen LogP contribution in [0.15, 0.2) is 29.3 Å². The molecule has 0 saturated carbocycles. The quantitative estimate of drug-likeness (QED) is 0.614. The van der Waals surface area contributed by atoms with Gasteiger partial charge in [-0.3, -0.25) is 0 Å². The maximum atomic E-state index is 3.71. The van der Waals surface area contributed by atoms with Gasteiger partial charge >= 0.3 is 0 Å². The van der Waals surface area contributed by atoms with Crippen LogP contribution in [0.3, 0.4) is 0 Å². The van der Waals surface area contributed by atoms with Crippen LogP contribution in [0.4, 0.5) is 5.69 Å². The van der Waals surface area contributed by atoms with Gasteiger partial charge in [0.1, 0.15) is 0 Å². The van der Waals surface area contributed by atoms with Crippen molar-refractivity contribution in [2.75, 3.05) is 11.9 Å². The van der Waals surface area contributed by atoms with Gasteiger partial charge in [0, 0.05) is 16.7 Å². The highest BCUT2D eigenvalue weighted by atomic mass is 79.9. The molecule has 0 aliphatic heterocycles. The zero-order valence-electron chi connectivity index (χ0n) is 9.44. The normalized spacial score (nSPS) is 10.1. The molecule has 1 aromatic rings. The topological polar surface area (TPSA) is 12.0 Å². The summed E-state index contributed by atoms with van der Waals surface area (Å²) in [5.74, 6) is 0. The van der Waals surface area contributed by atoms with Crippen LogP contribution in [0.5, 0.6) is 0 Å². The van der Waals surface area contributed by atoms with E-state index < -0.39 is 0 Å². The van der Waals surface area contributed by atoms with E-state index in [4.69, 9.17) is 0 Å². The van der Waals surface area contributed by atoms with Gasteiger partial charge in [0.2, 0.25) is 0 Å². The van der Waals surface area contributed by atoms with Crippen molar-refractivity contribution in [3.63, 3.8) is 0 Å². The summed E-state index contributed by atoms with van der Waals surface area (Å²) in [5.41, 5.74) is 3.76. The maximum absolute atomic E-state index is 3.71. The van der Waals surface area contributed by atoms with Crippen molar-refractivity contribution in [2.45, 2.75) is 26.7 Å². The van der Waals surface area contributed by atoms with E-state index in [1.165, 1.54) is 21.3 Å². The third kappa shape index (κ3) is 3.71. The molecule has 1 aromatic carbocycles. The predicted octanol–water partition coefficient (Wildman–Crippen LogP) is 4.44. The number of anilines is 1. The molecular formula is C13H18BrN. The molecule has 0 heterocycles. The fraction of sp³-hybridized carbons (Fsp3) is 0.385. The van der Waals surface area contributed by atoms with E-state index in [0.717, 1.165) is 19.4 Å². The lowest BCUT2D eigenvalue weighted by Crippen LogP contribution is -2.01. The minimum Gasteiger partial charge on any atom is -0.385 e. The van der Waals surface area contributed by atoms with Crippen LogP contribution in [0, 0.1) is 13.8 Å². The van der Waals surface area contributed by atoms with Crippen LogP contribution in [0.1, 0.15) is 24.0 Å². The van der Waals surface area contributed by atoms with E-state index in [1.54, 1.807) is 0 Å². The van der Waals surface area contributed by atoms with E-state index in [9.17, 15) is 0 Å². The van der Waals surface area contributed by atoms with E-state index >= 15 is 0 Å². The molecule has 0 radical (unpaired) electrons. The minimum absolute atomic E-state index is 1.01. The molecule has 0 fully saturated rings. The van der Waals surface area contributed by atoms with Crippen molar-refractivity contribution in [2.24, 2.45) is 0 Å². The molecule has 1 rings (SSSR count). The second-order valence-corrected chi connectivity index (χ2v) is 4.57. The standard InChI is InChI=1S/C13H18BrN/c1-4-5-6-7-15-12-8-10(2)13(14)11(3)9-12/h4,8-9,15H,1,5-7H2,2-3H3. The molecule has 15 heavy (non-hydrogen) atoms. The molecule has 0 spiro atoms. The van der Waals surface area contributed by atoms with Gasteiger partial charge in [0.05, 0.1) is 0 Å². The first kappa shape index (κ1) is 12.3. The van der Waals surface area contributed by atoms with Gasteiger partial charge in [0.15, 0.2) is 0 Å². The van der Waals surface area contributed by atoms with Crippen LogP contribution in [0.2, 0.25) is 0 Å². The number of benzene rings is 1. The lowest BCUT2D eigenvalue weighted by atomic mass is 10.1. The fourth-order valence-corrected chi connectivity index (χ4v) is 1.76. The molecule has 0 aliphatic rings. The Morgan fingerprint density at radius 1 is 1.33 bits per heavy atom. The fourth-order valence-electron chi connectivity index (χ4n) is 1.53. The number of unbranched alkanes of at least 4 members (excludes halogenated alkanes) is 1. The van der Waals surface area contributed by atoms with Crippen LogP contribution in [-0.4, -0.2) is 6.54 Å².